The van der Waals surface area contributed by atoms with Gasteiger partial charge in [-0.3, -0.25) is 19.2 Å². The monoisotopic (exact) mass is 565 g/mol. The molecule has 1 aromatic heterocycles. The summed E-state index contributed by atoms with van der Waals surface area (Å²) in [6.07, 6.45) is 0. The predicted molar refractivity (Wildman–Crippen MR) is 151 cm³/mol. The minimum Gasteiger partial charge on any atom is -0.468 e. The smallest absolute Gasteiger partial charge is 0.325 e. The third-order valence-corrected chi connectivity index (χ3v) is 7.50. The van der Waals surface area contributed by atoms with Crippen molar-refractivity contribution in [3.63, 3.8) is 0 Å². The molecule has 1 atom stereocenters. The van der Waals surface area contributed by atoms with Gasteiger partial charge in [-0.15, -0.1) is 11.8 Å². The number of methoxy groups -OCH3 is 1. The molecule has 10 nitrogen and oxygen atoms in total. The number of amides is 2. The Bertz CT molecular complexity index is 1700. The maximum Gasteiger partial charge on any atom is 0.325 e. The maximum absolute atomic E-state index is 13.7. The average molecular weight is 566 g/mol. The van der Waals surface area contributed by atoms with E-state index < -0.39 is 29.5 Å². The Hall–Kier alpha value is -5.21. The second kappa shape index (κ2) is 11.9. The van der Waals surface area contributed by atoms with Crippen LogP contribution in [0.3, 0.4) is 0 Å². The van der Waals surface area contributed by atoms with Gasteiger partial charge < -0.3 is 15.4 Å². The van der Waals surface area contributed by atoms with E-state index in [1.807, 2.05) is 36.4 Å². The van der Waals surface area contributed by atoms with E-state index in [0.29, 0.717) is 39.5 Å². The van der Waals surface area contributed by atoms with Crippen LogP contribution in [-0.2, 0) is 20.1 Å². The highest BCUT2D eigenvalue weighted by atomic mass is 32.2. The first-order valence-corrected chi connectivity index (χ1v) is 13.5. The topological polar surface area (TPSA) is 143 Å². The van der Waals surface area contributed by atoms with Crippen LogP contribution in [-0.4, -0.2) is 47.0 Å². The SMILES string of the molecule is COC(=O)CNC(=O)c1ccc2c(c1)-c1c(c(C(=O)C(C#N)C(=O)Nc3ccccc3)nn1-c1ccccc1)CS2. The molecule has 4 aromatic rings. The molecule has 3 aromatic carbocycles. The van der Waals surface area contributed by atoms with E-state index in [-0.39, 0.29) is 12.2 Å². The lowest BCUT2D eigenvalue weighted by Crippen LogP contribution is -2.30. The van der Waals surface area contributed by atoms with Gasteiger partial charge in [-0.1, -0.05) is 36.4 Å². The van der Waals surface area contributed by atoms with E-state index in [4.69, 9.17) is 0 Å². The molecule has 0 bridgehead atoms. The summed E-state index contributed by atoms with van der Waals surface area (Å²) in [7, 11) is 1.23. The Kier molecular flexibility index (Phi) is 7.94. The maximum atomic E-state index is 13.7. The molecular weight excluding hydrogens is 542 g/mol. The number of nitrogens with zero attached hydrogens (tertiary/aromatic N) is 3. The number of nitriles is 1. The summed E-state index contributed by atoms with van der Waals surface area (Å²) in [4.78, 5) is 51.9. The Morgan fingerprint density at radius 2 is 1.76 bits per heavy atom. The first-order valence-electron chi connectivity index (χ1n) is 12.5. The molecule has 204 valence electrons. The molecule has 2 amide bonds. The van der Waals surface area contributed by atoms with Gasteiger partial charge >= 0.3 is 5.97 Å². The lowest BCUT2D eigenvalue weighted by molar-refractivity contribution is -0.139. The van der Waals surface area contributed by atoms with Crippen LogP contribution in [0.5, 0.6) is 0 Å². The van der Waals surface area contributed by atoms with Crippen molar-refractivity contribution in [1.82, 2.24) is 15.1 Å². The molecule has 2 heterocycles. The first kappa shape index (κ1) is 27.4. The zero-order valence-electron chi connectivity index (χ0n) is 21.8. The van der Waals surface area contributed by atoms with Crippen molar-refractivity contribution in [1.29, 1.82) is 5.26 Å². The third-order valence-electron chi connectivity index (χ3n) is 6.40. The summed E-state index contributed by atoms with van der Waals surface area (Å²) in [5.74, 6) is -3.78. The summed E-state index contributed by atoms with van der Waals surface area (Å²) in [5, 5.41) is 19.6. The molecule has 0 saturated heterocycles. The molecule has 11 heteroatoms. The number of aromatic nitrogens is 2. The standard InChI is InChI=1S/C30H23N5O5S/c1-40-25(36)16-32-29(38)18-12-13-24-21(14-18)27-23(17-41-24)26(34-35(27)20-10-6-3-7-11-20)28(37)22(15-31)30(39)33-19-8-4-2-5-9-19/h2-14,22H,16-17H2,1H3,(H,32,38)(H,33,39). The summed E-state index contributed by atoms with van der Waals surface area (Å²) < 4.78 is 6.19. The normalized spacial score (nSPS) is 12.2. The van der Waals surface area contributed by atoms with Crippen molar-refractivity contribution in [2.45, 2.75) is 10.6 Å². The molecule has 1 aliphatic heterocycles. The molecular formula is C30H23N5O5S. The number of ether oxygens (including phenoxy) is 1. The predicted octanol–water partition coefficient (Wildman–Crippen LogP) is 4.01. The van der Waals surface area contributed by atoms with Gasteiger partial charge in [0.2, 0.25) is 11.7 Å². The van der Waals surface area contributed by atoms with Gasteiger partial charge in [-0.25, -0.2) is 4.68 Å². The van der Waals surface area contributed by atoms with Crippen LogP contribution < -0.4 is 10.6 Å². The first-order chi connectivity index (χ1) is 19.9. The zero-order valence-corrected chi connectivity index (χ0v) is 22.6. The number of benzene rings is 3. The number of anilines is 1. The number of Topliss-reactive ketones (excluding diaryl/α,β-unsaturated/α-hetero) is 1. The van der Waals surface area contributed by atoms with E-state index in [1.54, 1.807) is 53.2 Å². The Labute approximate surface area is 239 Å². The van der Waals surface area contributed by atoms with Gasteiger partial charge in [-0.2, -0.15) is 10.4 Å². The Morgan fingerprint density at radius 3 is 2.44 bits per heavy atom. The van der Waals surface area contributed by atoms with Crippen LogP contribution >= 0.6 is 11.8 Å². The number of carbonyl (C=O) groups excluding carboxylic acids is 4. The summed E-state index contributed by atoms with van der Waals surface area (Å²) in [6.45, 7) is -0.284. The second-order valence-electron chi connectivity index (χ2n) is 8.96. The summed E-state index contributed by atoms with van der Waals surface area (Å²) in [5.41, 5.74) is 3.21. The third kappa shape index (κ3) is 5.59. The largest absolute Gasteiger partial charge is 0.468 e. The van der Waals surface area contributed by atoms with Crippen LogP contribution in [0.2, 0.25) is 0 Å². The average Bonchev–Trinajstić information content (AvgIpc) is 3.41. The van der Waals surface area contributed by atoms with Crippen LogP contribution in [0.1, 0.15) is 26.4 Å². The lowest BCUT2D eigenvalue weighted by atomic mass is 9.96. The van der Waals surface area contributed by atoms with E-state index in [0.717, 1.165) is 4.90 Å². The molecule has 0 fully saturated rings. The fourth-order valence-corrected chi connectivity index (χ4v) is 5.43. The number of para-hydroxylation sites is 2. The van der Waals surface area contributed by atoms with Crippen molar-refractivity contribution in [3.8, 4) is 23.0 Å². The van der Waals surface area contributed by atoms with Crippen LogP contribution in [0.25, 0.3) is 16.9 Å². The molecule has 0 radical (unpaired) electrons. The van der Waals surface area contributed by atoms with E-state index in [2.05, 4.69) is 20.5 Å². The number of carbonyl (C=O) groups is 4. The van der Waals surface area contributed by atoms with Crippen molar-refractivity contribution >= 4 is 41.0 Å². The van der Waals surface area contributed by atoms with Gasteiger partial charge in [0.15, 0.2) is 5.92 Å². The van der Waals surface area contributed by atoms with Crippen LogP contribution in [0.15, 0.2) is 83.8 Å². The molecule has 2 N–H and O–H groups in total. The number of rotatable bonds is 8. The number of esters is 1. The van der Waals surface area contributed by atoms with Gasteiger partial charge in [0.05, 0.1) is 24.6 Å². The lowest BCUT2D eigenvalue weighted by Gasteiger charge is -2.19. The van der Waals surface area contributed by atoms with E-state index in [9.17, 15) is 24.4 Å². The highest BCUT2D eigenvalue weighted by Crippen LogP contribution is 2.44. The zero-order chi connectivity index (χ0) is 28.9. The van der Waals surface area contributed by atoms with Gasteiger partial charge in [0, 0.05) is 33.0 Å². The summed E-state index contributed by atoms with van der Waals surface area (Å²) in [6, 6.07) is 24.7. The highest BCUT2D eigenvalue weighted by Gasteiger charge is 2.36. The van der Waals surface area contributed by atoms with Crippen molar-refractivity contribution < 1.29 is 23.9 Å². The number of thioether (sulfide) groups is 1. The molecule has 1 aliphatic rings. The van der Waals surface area contributed by atoms with Crippen molar-refractivity contribution in [2.75, 3.05) is 19.0 Å². The minimum absolute atomic E-state index is 0.0114. The number of fused-ring (bicyclic) bond motifs is 3. The molecule has 5 rings (SSSR count). The minimum atomic E-state index is -1.62. The Morgan fingerprint density at radius 1 is 1.05 bits per heavy atom. The van der Waals surface area contributed by atoms with E-state index in [1.165, 1.54) is 18.9 Å². The van der Waals surface area contributed by atoms with E-state index >= 15 is 0 Å². The molecule has 0 spiro atoms. The number of hydrogen-bond acceptors (Lipinski definition) is 8. The number of hydrogen-bond donors (Lipinski definition) is 2. The van der Waals surface area contributed by atoms with Gasteiger partial charge in [0.1, 0.15) is 12.2 Å². The number of ketones is 1. The summed E-state index contributed by atoms with van der Waals surface area (Å²) >= 11 is 1.45. The highest BCUT2D eigenvalue weighted by molar-refractivity contribution is 7.98. The quantitative estimate of drug-likeness (QED) is 0.185. The Balaban J connectivity index is 1.57. The molecule has 0 saturated carbocycles. The van der Waals surface area contributed by atoms with Crippen molar-refractivity contribution in [2.24, 2.45) is 5.92 Å². The molecule has 1 unspecified atom stereocenters. The molecule has 0 aliphatic carbocycles. The van der Waals surface area contributed by atoms with Crippen LogP contribution in [0.4, 0.5) is 5.69 Å². The molecule has 41 heavy (non-hydrogen) atoms. The number of nitrogens with one attached hydrogen (secondary N) is 2. The van der Waals surface area contributed by atoms with Gasteiger partial charge in [-0.05, 0) is 42.5 Å². The van der Waals surface area contributed by atoms with Crippen LogP contribution in [0, 0.1) is 17.2 Å². The fraction of sp³-hybridized carbons (Fsp3) is 0.133. The van der Waals surface area contributed by atoms with Gasteiger partial charge in [0.25, 0.3) is 5.91 Å². The fourth-order valence-electron chi connectivity index (χ4n) is 4.39. The second-order valence-corrected chi connectivity index (χ2v) is 9.98. The van der Waals surface area contributed by atoms with Crippen molar-refractivity contribution in [3.05, 3.63) is 95.7 Å².